The quantitative estimate of drug-likeness (QED) is 0.362. The van der Waals surface area contributed by atoms with Crippen LogP contribution in [0.4, 0.5) is 0 Å². The van der Waals surface area contributed by atoms with Gasteiger partial charge in [-0.25, -0.2) is 0 Å². The van der Waals surface area contributed by atoms with Crippen LogP contribution < -0.4 is 0 Å². The Kier molecular flexibility index (Phi) is 2830. The fraction of sp³-hybridized carbons (Fsp3) is 0. The second kappa shape index (κ2) is 148. The van der Waals surface area contributed by atoms with E-state index in [9.17, 15) is 0 Å². The normalized spacial score (nSPS) is 0. The molecule has 12 N–H and O–H groups in total. The number of hydrogen-bond acceptors (Lipinski definition) is 0. The fourth-order valence-electron chi connectivity index (χ4n) is 0. The standard InChI is InChI=1S/ClH.K.2Mg.6H2O.5H/h1H;;;;6*1H2;;;;;. The zero-order valence-corrected chi connectivity index (χ0v) is 4.22. The second-order valence-electron chi connectivity index (χ2n) is 0. The van der Waals surface area contributed by atoms with Gasteiger partial charge in [0.15, 0.2) is 0 Å². The van der Waals surface area contributed by atoms with Gasteiger partial charge < -0.3 is 32.9 Å². The molecule has 0 aromatic heterocycles. The first-order valence-corrected chi connectivity index (χ1v) is 0. The first-order valence-electron chi connectivity index (χ1n) is 0. The van der Waals surface area contributed by atoms with E-state index < -0.39 is 0 Å². The van der Waals surface area contributed by atoms with E-state index in [0.29, 0.717) is 0 Å². The Morgan fingerprint density at radius 2 is 0.400 bits per heavy atom. The summed E-state index contributed by atoms with van der Waals surface area (Å²) in [7, 11) is 0. The molecule has 0 aliphatic heterocycles. The molecule has 6 nitrogen and oxygen atoms in total. The topological polar surface area (TPSA) is 189 Å². The van der Waals surface area contributed by atoms with Crippen LogP contribution in [0.1, 0.15) is 0 Å². The van der Waals surface area contributed by atoms with E-state index in [2.05, 4.69) is 0 Å². The maximum Gasteiger partial charge on any atom is 0.316 e. The van der Waals surface area contributed by atoms with Crippen molar-refractivity contribution < 1.29 is 32.9 Å². The van der Waals surface area contributed by atoms with E-state index in [1.54, 1.807) is 0 Å². The molecule has 10 heavy (non-hydrogen) atoms. The van der Waals surface area contributed by atoms with Crippen molar-refractivity contribution in [1.82, 2.24) is 0 Å². The molecule has 0 spiro atoms. The van der Waals surface area contributed by atoms with Crippen LogP contribution in [0.25, 0.3) is 0 Å². The van der Waals surface area contributed by atoms with Crippen molar-refractivity contribution in [1.29, 1.82) is 0 Å². The van der Waals surface area contributed by atoms with Crippen LogP contribution in [0.15, 0.2) is 0 Å². The number of hydrogen-bond donors (Lipinski definition) is 0. The summed E-state index contributed by atoms with van der Waals surface area (Å²) in [5.74, 6) is 0. The fourth-order valence-corrected chi connectivity index (χ4v) is 0. The van der Waals surface area contributed by atoms with E-state index in [0.717, 1.165) is 0 Å². The van der Waals surface area contributed by atoms with Crippen LogP contribution in [0.3, 0.4) is 0 Å². The van der Waals surface area contributed by atoms with Gasteiger partial charge >= 0.3 is 97.5 Å². The summed E-state index contributed by atoms with van der Waals surface area (Å²) in [5, 5.41) is 0. The summed E-state index contributed by atoms with van der Waals surface area (Å²) >= 11 is 0. The van der Waals surface area contributed by atoms with E-state index in [4.69, 9.17) is 0 Å². The third-order valence-electron chi connectivity index (χ3n) is 0. The predicted octanol–water partition coefficient (Wildman–Crippen LogP) is -7.01. The first-order chi connectivity index (χ1) is 0. The van der Waals surface area contributed by atoms with Crippen molar-refractivity contribution >= 4 is 110 Å². The van der Waals surface area contributed by atoms with Gasteiger partial charge in [-0.05, 0) is 0 Å². The van der Waals surface area contributed by atoms with Gasteiger partial charge in [0, 0.05) is 0 Å². The first kappa shape index (κ1) is 190. The second-order valence-corrected chi connectivity index (χ2v) is 0. The Bertz CT molecular complexity index is 15.7. The molecule has 0 aliphatic carbocycles. The summed E-state index contributed by atoms with van der Waals surface area (Å²) in [5.41, 5.74) is 0. The maximum absolute atomic E-state index is 0. The van der Waals surface area contributed by atoms with E-state index in [1.807, 2.05) is 0 Å². The molecule has 0 bridgehead atoms. The molecule has 0 aromatic carbocycles. The van der Waals surface area contributed by atoms with Crippen LogP contribution >= 0.6 is 12.4 Å². The predicted molar refractivity (Wildman–Crippen MR) is 53.2 cm³/mol. The summed E-state index contributed by atoms with van der Waals surface area (Å²) in [4.78, 5) is 0. The van der Waals surface area contributed by atoms with Gasteiger partial charge in [-0.3, -0.25) is 0 Å². The zero-order valence-electron chi connectivity index (χ0n) is 3.41. The van der Waals surface area contributed by atoms with Crippen molar-refractivity contribution in [3.63, 3.8) is 0 Å². The number of rotatable bonds is 0. The van der Waals surface area contributed by atoms with Crippen LogP contribution in [-0.4, -0.2) is 130 Å². The molecule has 10 heteroatoms. The molecule has 0 aromatic rings. The largest absolute Gasteiger partial charge is 0.316 e. The SMILES string of the molecule is Cl.O.O.O.O.O.O.[KH].[MgH2].[MgH2]. The van der Waals surface area contributed by atoms with Crippen LogP contribution in [0.2, 0.25) is 0 Å². The minimum Gasteiger partial charge on any atom is 0.316 e. The monoisotopic (exact) mass is 236 g/mol. The van der Waals surface area contributed by atoms with Crippen LogP contribution in [0.5, 0.6) is 0 Å². The Morgan fingerprint density at radius 3 is 0.400 bits per heavy atom. The van der Waals surface area contributed by atoms with Crippen molar-refractivity contribution in [2.75, 3.05) is 0 Å². The molecule has 0 saturated carbocycles. The van der Waals surface area contributed by atoms with Gasteiger partial charge in [-0.15, -0.1) is 12.4 Å². The van der Waals surface area contributed by atoms with Gasteiger partial charge in [0.1, 0.15) is 0 Å². The summed E-state index contributed by atoms with van der Waals surface area (Å²) in [6.07, 6.45) is 0. The Labute approximate surface area is 140 Å². The smallest absolute Gasteiger partial charge is 0.316 e. The summed E-state index contributed by atoms with van der Waals surface area (Å²) in [6, 6.07) is 0. The summed E-state index contributed by atoms with van der Waals surface area (Å²) < 4.78 is 0. The van der Waals surface area contributed by atoms with E-state index in [-0.39, 0.29) is 143 Å². The molecule has 0 rings (SSSR count). The molecule has 0 heterocycles. The van der Waals surface area contributed by atoms with E-state index in [1.165, 1.54) is 0 Å². The molecule has 0 saturated heterocycles. The molecule has 0 amide bonds. The van der Waals surface area contributed by atoms with Gasteiger partial charge in [0.05, 0.1) is 0 Å². The third kappa shape index (κ3) is 113. The number of halogens is 1. The van der Waals surface area contributed by atoms with Crippen molar-refractivity contribution in [3.8, 4) is 0 Å². The average molecular weight is 237 g/mol. The van der Waals surface area contributed by atoms with Gasteiger partial charge in [-0.2, -0.15) is 0 Å². The molecular formula is H18ClKMg2O6. The van der Waals surface area contributed by atoms with Gasteiger partial charge in [0.2, 0.25) is 0 Å². The molecule has 0 unspecified atom stereocenters. The zero-order chi connectivity index (χ0) is 0. The summed E-state index contributed by atoms with van der Waals surface area (Å²) in [6.45, 7) is 0. The molecule has 0 fully saturated rings. The van der Waals surface area contributed by atoms with Crippen LogP contribution in [-0.2, 0) is 0 Å². The van der Waals surface area contributed by atoms with Crippen molar-refractivity contribution in [3.05, 3.63) is 0 Å². The Morgan fingerprint density at radius 1 is 0.400 bits per heavy atom. The third-order valence-corrected chi connectivity index (χ3v) is 0. The van der Waals surface area contributed by atoms with Gasteiger partial charge in [-0.1, -0.05) is 0 Å². The van der Waals surface area contributed by atoms with Crippen molar-refractivity contribution in [2.24, 2.45) is 0 Å². The minimum absolute atomic E-state index is 0. The molecular weight excluding hydrogens is 219 g/mol. The van der Waals surface area contributed by atoms with Gasteiger partial charge in [0.25, 0.3) is 0 Å². The van der Waals surface area contributed by atoms with Crippen molar-refractivity contribution in [2.45, 2.75) is 0 Å². The molecule has 0 radical (unpaired) electrons. The molecule has 0 atom stereocenters. The van der Waals surface area contributed by atoms with E-state index >= 15 is 0 Å². The van der Waals surface area contributed by atoms with Crippen LogP contribution in [0, 0.1) is 0 Å². The molecule has 66 valence electrons. The average Bonchev–Trinajstić information content (AvgIpc) is 0. The minimum atomic E-state index is 0. The molecule has 0 aliphatic rings. The Balaban J connectivity index is 0. The maximum atomic E-state index is 0. The Hall–Kier alpha value is 3.22.